The highest BCUT2D eigenvalue weighted by Crippen LogP contribution is 2.26. The van der Waals surface area contributed by atoms with Crippen molar-refractivity contribution in [3.8, 4) is 0 Å². The average molecular weight is 295 g/mol. The Morgan fingerprint density at radius 3 is 2.50 bits per heavy atom. The van der Waals surface area contributed by atoms with Crippen LogP contribution in [0.4, 0.5) is 0 Å². The first-order valence-corrected chi connectivity index (χ1v) is 7.31. The van der Waals surface area contributed by atoms with Gasteiger partial charge in [-0.15, -0.1) is 11.6 Å². The predicted octanol–water partition coefficient (Wildman–Crippen LogP) is 3.38. The number of alkyl halides is 1. The minimum atomic E-state index is -0.137. The van der Waals surface area contributed by atoms with Crippen molar-refractivity contribution in [2.75, 3.05) is 14.1 Å². The van der Waals surface area contributed by atoms with Gasteiger partial charge in [0.15, 0.2) is 5.65 Å². The van der Waals surface area contributed by atoms with Crippen LogP contribution in [0.5, 0.6) is 0 Å². The Bertz CT molecular complexity index is 614. The first kappa shape index (κ1) is 15.3. The fraction of sp³-hybridized carbons (Fsp3) is 0.600. The zero-order valence-electron chi connectivity index (χ0n) is 13.1. The molecule has 0 aliphatic heterocycles. The second-order valence-corrected chi connectivity index (χ2v) is 6.83. The number of halogens is 1. The quantitative estimate of drug-likeness (QED) is 0.811. The molecule has 0 N–H and O–H groups in total. The fourth-order valence-electron chi connectivity index (χ4n) is 2.10. The lowest BCUT2D eigenvalue weighted by Crippen LogP contribution is -2.42. The van der Waals surface area contributed by atoms with E-state index in [4.69, 9.17) is 11.6 Å². The molecule has 0 fully saturated rings. The molecule has 0 saturated heterocycles. The van der Waals surface area contributed by atoms with Crippen LogP contribution in [-0.4, -0.2) is 39.1 Å². The molecule has 0 aliphatic carbocycles. The lowest BCUT2D eigenvalue weighted by Gasteiger charge is -2.33. The molecule has 1 unspecified atom stereocenters. The Kier molecular flexibility index (Phi) is 4.07. The molecule has 110 valence electrons. The summed E-state index contributed by atoms with van der Waals surface area (Å²) < 4.78 is 2.15. The molecule has 5 heteroatoms. The molecule has 2 aromatic heterocycles. The van der Waals surface area contributed by atoms with Crippen molar-refractivity contribution in [2.24, 2.45) is 0 Å². The minimum Gasteiger partial charge on any atom is -0.310 e. The second kappa shape index (κ2) is 5.34. The van der Waals surface area contributed by atoms with Crippen LogP contribution in [-0.2, 0) is 6.54 Å². The Hall–Kier alpha value is -1.13. The summed E-state index contributed by atoms with van der Waals surface area (Å²) in [7, 11) is 4.17. The van der Waals surface area contributed by atoms with Crippen molar-refractivity contribution < 1.29 is 0 Å². The number of rotatable bonds is 4. The summed E-state index contributed by atoms with van der Waals surface area (Å²) in [5.41, 5.74) is 2.82. The lowest BCUT2D eigenvalue weighted by molar-refractivity contribution is 0.169. The smallest absolute Gasteiger partial charge is 0.160 e. The van der Waals surface area contributed by atoms with Crippen molar-refractivity contribution in [1.29, 1.82) is 0 Å². The molecule has 2 rings (SSSR count). The van der Waals surface area contributed by atoms with Gasteiger partial charge in [-0.25, -0.2) is 9.97 Å². The Morgan fingerprint density at radius 1 is 1.30 bits per heavy atom. The van der Waals surface area contributed by atoms with Crippen LogP contribution in [0, 0.1) is 6.92 Å². The van der Waals surface area contributed by atoms with Crippen molar-refractivity contribution in [3.63, 3.8) is 0 Å². The van der Waals surface area contributed by atoms with Crippen LogP contribution in [0.1, 0.15) is 37.7 Å². The van der Waals surface area contributed by atoms with Crippen LogP contribution in [0.25, 0.3) is 11.2 Å². The topological polar surface area (TPSA) is 34.0 Å². The summed E-state index contributed by atoms with van der Waals surface area (Å²) in [6.45, 7) is 9.17. The third kappa shape index (κ3) is 2.81. The Morgan fingerprint density at radius 2 is 1.95 bits per heavy atom. The van der Waals surface area contributed by atoms with E-state index in [1.54, 1.807) is 0 Å². The molecule has 0 aromatic carbocycles. The number of nitrogens with zero attached hydrogens (tertiary/aromatic N) is 4. The second-order valence-electron chi connectivity index (χ2n) is 6.17. The van der Waals surface area contributed by atoms with Gasteiger partial charge in [-0.05, 0) is 53.9 Å². The van der Waals surface area contributed by atoms with Gasteiger partial charge in [0.1, 0.15) is 11.3 Å². The normalized spacial score (nSPS) is 14.2. The number of aryl methyl sites for hydroxylation is 1. The van der Waals surface area contributed by atoms with Crippen molar-refractivity contribution in [3.05, 3.63) is 23.7 Å². The first-order valence-electron chi connectivity index (χ1n) is 6.87. The SMILES string of the molecule is Cc1ccc2nc(C(C)Cl)n(CC(C)(C)N(C)C)c2n1. The molecule has 2 heterocycles. The van der Waals surface area contributed by atoms with Gasteiger partial charge in [-0.1, -0.05) is 0 Å². The van der Waals surface area contributed by atoms with E-state index in [9.17, 15) is 0 Å². The number of hydrogen-bond donors (Lipinski definition) is 0. The van der Waals surface area contributed by atoms with Gasteiger partial charge in [0.2, 0.25) is 0 Å². The molecule has 0 spiro atoms. The first-order chi connectivity index (χ1) is 9.22. The van der Waals surface area contributed by atoms with Gasteiger partial charge in [0.05, 0.1) is 5.38 Å². The molecule has 2 aromatic rings. The summed E-state index contributed by atoms with van der Waals surface area (Å²) in [5, 5.41) is -0.137. The maximum Gasteiger partial charge on any atom is 0.160 e. The van der Waals surface area contributed by atoms with E-state index in [0.29, 0.717) is 0 Å². The summed E-state index contributed by atoms with van der Waals surface area (Å²) in [5.74, 6) is 0.884. The summed E-state index contributed by atoms with van der Waals surface area (Å²) in [4.78, 5) is 11.5. The van der Waals surface area contributed by atoms with E-state index in [1.165, 1.54) is 0 Å². The largest absolute Gasteiger partial charge is 0.310 e. The number of imidazole rings is 1. The lowest BCUT2D eigenvalue weighted by atomic mass is 10.0. The molecular weight excluding hydrogens is 272 g/mol. The highest BCUT2D eigenvalue weighted by atomic mass is 35.5. The number of fused-ring (bicyclic) bond motifs is 1. The van der Waals surface area contributed by atoms with E-state index in [0.717, 1.165) is 29.2 Å². The van der Waals surface area contributed by atoms with Gasteiger partial charge in [0, 0.05) is 17.8 Å². The molecule has 4 nitrogen and oxygen atoms in total. The van der Waals surface area contributed by atoms with E-state index in [-0.39, 0.29) is 10.9 Å². The third-order valence-corrected chi connectivity index (χ3v) is 4.07. The molecule has 20 heavy (non-hydrogen) atoms. The van der Waals surface area contributed by atoms with Crippen molar-refractivity contribution in [1.82, 2.24) is 19.4 Å². The maximum atomic E-state index is 6.30. The van der Waals surface area contributed by atoms with Crippen LogP contribution >= 0.6 is 11.6 Å². The van der Waals surface area contributed by atoms with Gasteiger partial charge < -0.3 is 9.47 Å². The van der Waals surface area contributed by atoms with E-state index in [2.05, 4.69) is 47.4 Å². The third-order valence-electron chi connectivity index (χ3n) is 3.87. The summed E-state index contributed by atoms with van der Waals surface area (Å²) in [6.07, 6.45) is 0. The molecule has 0 aliphatic rings. The molecule has 0 saturated carbocycles. The standard InChI is InChI=1S/C15H23ClN4/c1-10-7-8-12-14(17-10)20(13(18-12)11(2)16)9-15(3,4)19(5)6/h7-8,11H,9H2,1-6H3. The number of aromatic nitrogens is 3. The van der Waals surface area contributed by atoms with Crippen LogP contribution in [0.2, 0.25) is 0 Å². The number of pyridine rings is 1. The highest BCUT2D eigenvalue weighted by molar-refractivity contribution is 6.20. The van der Waals surface area contributed by atoms with E-state index >= 15 is 0 Å². The van der Waals surface area contributed by atoms with Crippen molar-refractivity contribution in [2.45, 2.75) is 45.2 Å². The monoisotopic (exact) mass is 294 g/mol. The predicted molar refractivity (Wildman–Crippen MR) is 84.3 cm³/mol. The zero-order valence-corrected chi connectivity index (χ0v) is 13.9. The zero-order chi connectivity index (χ0) is 15.1. The molecule has 1 atom stereocenters. The number of hydrogen-bond acceptors (Lipinski definition) is 3. The van der Waals surface area contributed by atoms with E-state index in [1.807, 2.05) is 26.0 Å². The van der Waals surface area contributed by atoms with Crippen molar-refractivity contribution >= 4 is 22.8 Å². The summed E-state index contributed by atoms with van der Waals surface area (Å²) in [6, 6.07) is 4.00. The molecule has 0 amide bonds. The Labute approximate surface area is 125 Å². The van der Waals surface area contributed by atoms with Gasteiger partial charge in [-0.2, -0.15) is 0 Å². The number of likely N-dealkylation sites (N-methyl/N-ethyl adjacent to an activating group) is 1. The average Bonchev–Trinajstić information content (AvgIpc) is 2.67. The minimum absolute atomic E-state index is 0.000412. The van der Waals surface area contributed by atoms with Crippen LogP contribution < -0.4 is 0 Å². The van der Waals surface area contributed by atoms with E-state index < -0.39 is 0 Å². The molecular formula is C15H23ClN4. The maximum absolute atomic E-state index is 6.30. The van der Waals surface area contributed by atoms with Gasteiger partial charge in [0.25, 0.3) is 0 Å². The fourth-order valence-corrected chi connectivity index (χ4v) is 2.27. The molecule has 0 radical (unpaired) electrons. The van der Waals surface area contributed by atoms with Gasteiger partial charge >= 0.3 is 0 Å². The van der Waals surface area contributed by atoms with Crippen LogP contribution in [0.3, 0.4) is 0 Å². The molecule has 0 bridgehead atoms. The van der Waals surface area contributed by atoms with Crippen LogP contribution in [0.15, 0.2) is 12.1 Å². The highest BCUT2D eigenvalue weighted by Gasteiger charge is 2.25. The summed E-state index contributed by atoms with van der Waals surface area (Å²) >= 11 is 6.30. The Balaban J connectivity index is 2.59. The van der Waals surface area contributed by atoms with Gasteiger partial charge in [-0.3, -0.25) is 0 Å².